The van der Waals surface area contributed by atoms with E-state index in [0.29, 0.717) is 12.8 Å². The molecule has 0 aliphatic heterocycles. The van der Waals surface area contributed by atoms with Gasteiger partial charge in [-0.1, -0.05) is 32.6 Å². The number of aliphatic carboxylic acids is 1. The molecule has 1 aliphatic rings. The van der Waals surface area contributed by atoms with Gasteiger partial charge in [-0.15, -0.1) is 0 Å². The van der Waals surface area contributed by atoms with E-state index in [0.717, 1.165) is 38.6 Å². The van der Waals surface area contributed by atoms with E-state index < -0.39 is 11.4 Å². The zero-order valence-corrected chi connectivity index (χ0v) is 11.6. The summed E-state index contributed by atoms with van der Waals surface area (Å²) in [6, 6.07) is 0. The third kappa shape index (κ3) is 3.72. The number of carbonyl (C=O) groups is 2. The number of hydrogen-bond donors (Lipinski definition) is 1. The minimum Gasteiger partial charge on any atom is -0.481 e. The summed E-state index contributed by atoms with van der Waals surface area (Å²) in [5.41, 5.74) is -0.796. The topological polar surface area (TPSA) is 57.6 Å². The molecule has 0 aromatic heterocycles. The van der Waals surface area contributed by atoms with Crippen LogP contribution in [0.2, 0.25) is 0 Å². The van der Waals surface area contributed by atoms with Crippen molar-refractivity contribution in [2.75, 3.05) is 13.6 Å². The SMILES string of the molecule is CCCCN(C)C(=O)CC1(C(=O)O)CCCCC1. The van der Waals surface area contributed by atoms with Gasteiger partial charge in [-0.25, -0.2) is 0 Å². The van der Waals surface area contributed by atoms with Crippen LogP contribution in [-0.2, 0) is 9.59 Å². The second-order valence-corrected chi connectivity index (χ2v) is 5.49. The molecule has 0 aromatic rings. The molecule has 1 aliphatic carbocycles. The molecule has 104 valence electrons. The van der Waals surface area contributed by atoms with Gasteiger partial charge >= 0.3 is 5.97 Å². The minimum atomic E-state index is -0.796. The van der Waals surface area contributed by atoms with E-state index in [4.69, 9.17) is 0 Å². The van der Waals surface area contributed by atoms with Crippen molar-refractivity contribution in [1.82, 2.24) is 4.90 Å². The van der Waals surface area contributed by atoms with Crippen molar-refractivity contribution in [3.05, 3.63) is 0 Å². The van der Waals surface area contributed by atoms with Crippen molar-refractivity contribution in [2.24, 2.45) is 5.41 Å². The Bertz CT molecular complexity index is 295. The average Bonchev–Trinajstić information content (AvgIpc) is 2.36. The molecule has 4 nitrogen and oxygen atoms in total. The third-order valence-electron chi connectivity index (χ3n) is 4.03. The normalized spacial score (nSPS) is 18.3. The Balaban J connectivity index is 2.60. The fourth-order valence-electron chi connectivity index (χ4n) is 2.64. The predicted molar refractivity (Wildman–Crippen MR) is 70.3 cm³/mol. The monoisotopic (exact) mass is 255 g/mol. The zero-order valence-electron chi connectivity index (χ0n) is 11.6. The zero-order chi connectivity index (χ0) is 13.6. The molecule has 0 aromatic carbocycles. The summed E-state index contributed by atoms with van der Waals surface area (Å²) in [6.45, 7) is 2.81. The molecule has 18 heavy (non-hydrogen) atoms. The molecule has 4 heteroatoms. The summed E-state index contributed by atoms with van der Waals surface area (Å²) < 4.78 is 0. The maximum Gasteiger partial charge on any atom is 0.310 e. The Morgan fingerprint density at radius 3 is 2.33 bits per heavy atom. The van der Waals surface area contributed by atoms with Crippen molar-refractivity contribution in [1.29, 1.82) is 0 Å². The Morgan fingerprint density at radius 1 is 1.22 bits per heavy atom. The second kappa shape index (κ2) is 6.76. The Kier molecular flexibility index (Phi) is 5.63. The number of hydrogen-bond acceptors (Lipinski definition) is 2. The van der Waals surface area contributed by atoms with Crippen LogP contribution in [-0.4, -0.2) is 35.5 Å². The smallest absolute Gasteiger partial charge is 0.310 e. The van der Waals surface area contributed by atoms with Gasteiger partial charge < -0.3 is 10.0 Å². The first kappa shape index (κ1) is 15.0. The molecule has 0 radical (unpaired) electrons. The van der Waals surface area contributed by atoms with Crippen LogP contribution >= 0.6 is 0 Å². The van der Waals surface area contributed by atoms with E-state index >= 15 is 0 Å². The molecule has 1 saturated carbocycles. The van der Waals surface area contributed by atoms with Crippen molar-refractivity contribution >= 4 is 11.9 Å². The molecule has 1 fully saturated rings. The summed E-state index contributed by atoms with van der Waals surface area (Å²) in [5.74, 6) is -0.813. The van der Waals surface area contributed by atoms with Crippen LogP contribution in [0.25, 0.3) is 0 Å². The van der Waals surface area contributed by atoms with Gasteiger partial charge in [0, 0.05) is 20.0 Å². The highest BCUT2D eigenvalue weighted by Gasteiger charge is 2.41. The fraction of sp³-hybridized carbons (Fsp3) is 0.857. The fourth-order valence-corrected chi connectivity index (χ4v) is 2.64. The van der Waals surface area contributed by atoms with Crippen LogP contribution in [0.1, 0.15) is 58.3 Å². The van der Waals surface area contributed by atoms with Crippen LogP contribution in [0, 0.1) is 5.41 Å². The quantitative estimate of drug-likeness (QED) is 0.793. The van der Waals surface area contributed by atoms with Gasteiger partial charge in [-0.3, -0.25) is 9.59 Å². The van der Waals surface area contributed by atoms with Gasteiger partial charge in [-0.2, -0.15) is 0 Å². The molecule has 1 N–H and O–H groups in total. The lowest BCUT2D eigenvalue weighted by Gasteiger charge is -2.33. The van der Waals surface area contributed by atoms with Gasteiger partial charge in [-0.05, 0) is 19.3 Å². The molecule has 0 unspecified atom stereocenters. The Morgan fingerprint density at radius 2 is 1.83 bits per heavy atom. The van der Waals surface area contributed by atoms with Gasteiger partial charge in [0.1, 0.15) is 0 Å². The second-order valence-electron chi connectivity index (χ2n) is 5.49. The van der Waals surface area contributed by atoms with Crippen molar-refractivity contribution in [3.63, 3.8) is 0 Å². The first-order valence-corrected chi connectivity index (χ1v) is 6.99. The summed E-state index contributed by atoms with van der Waals surface area (Å²) >= 11 is 0. The standard InChI is InChI=1S/C14H25NO3/c1-3-4-10-15(2)12(16)11-14(13(17)18)8-6-5-7-9-14/h3-11H2,1-2H3,(H,17,18). The van der Waals surface area contributed by atoms with Gasteiger partial charge in [0.05, 0.1) is 5.41 Å². The van der Waals surface area contributed by atoms with E-state index in [1.807, 2.05) is 0 Å². The molecule has 0 heterocycles. The van der Waals surface area contributed by atoms with E-state index in [1.54, 1.807) is 11.9 Å². The van der Waals surface area contributed by atoms with Crippen LogP contribution in [0.4, 0.5) is 0 Å². The highest BCUT2D eigenvalue weighted by atomic mass is 16.4. The van der Waals surface area contributed by atoms with E-state index in [1.165, 1.54) is 0 Å². The molecule has 0 saturated heterocycles. The van der Waals surface area contributed by atoms with E-state index in [9.17, 15) is 14.7 Å². The highest BCUT2D eigenvalue weighted by Crippen LogP contribution is 2.39. The summed E-state index contributed by atoms with van der Waals surface area (Å²) in [7, 11) is 1.77. The number of carboxylic acids is 1. The lowest BCUT2D eigenvalue weighted by molar-refractivity contribution is -0.155. The van der Waals surface area contributed by atoms with E-state index in [-0.39, 0.29) is 12.3 Å². The lowest BCUT2D eigenvalue weighted by Crippen LogP contribution is -2.40. The lowest BCUT2D eigenvalue weighted by atomic mass is 9.71. The molecule has 1 amide bonds. The molecule has 0 bridgehead atoms. The summed E-state index contributed by atoms with van der Waals surface area (Å²) in [4.78, 5) is 25.3. The van der Waals surface area contributed by atoms with Crippen LogP contribution in [0.3, 0.4) is 0 Å². The highest BCUT2D eigenvalue weighted by molar-refractivity contribution is 5.85. The maximum atomic E-state index is 12.1. The number of carbonyl (C=O) groups excluding carboxylic acids is 1. The molecular weight excluding hydrogens is 230 g/mol. The molecular formula is C14H25NO3. The Labute approximate surface area is 109 Å². The Hall–Kier alpha value is -1.06. The number of carboxylic acid groups (broad SMARTS) is 1. The van der Waals surface area contributed by atoms with Crippen molar-refractivity contribution < 1.29 is 14.7 Å². The summed E-state index contributed by atoms with van der Waals surface area (Å²) in [6.07, 6.45) is 6.43. The first-order chi connectivity index (χ1) is 8.52. The number of nitrogens with zero attached hydrogens (tertiary/aromatic N) is 1. The van der Waals surface area contributed by atoms with Crippen LogP contribution in [0.5, 0.6) is 0 Å². The van der Waals surface area contributed by atoms with Crippen molar-refractivity contribution in [3.8, 4) is 0 Å². The van der Waals surface area contributed by atoms with Crippen LogP contribution in [0.15, 0.2) is 0 Å². The first-order valence-electron chi connectivity index (χ1n) is 6.99. The minimum absolute atomic E-state index is 0.0206. The predicted octanol–water partition coefficient (Wildman–Crippen LogP) is 2.67. The van der Waals surface area contributed by atoms with Gasteiger partial charge in [0.2, 0.25) is 5.91 Å². The summed E-state index contributed by atoms with van der Waals surface area (Å²) in [5, 5.41) is 9.42. The molecule has 0 atom stereocenters. The molecule has 0 spiro atoms. The largest absolute Gasteiger partial charge is 0.481 e. The number of rotatable bonds is 6. The maximum absolute atomic E-state index is 12.1. The van der Waals surface area contributed by atoms with E-state index in [2.05, 4.69) is 6.92 Å². The number of unbranched alkanes of at least 4 members (excludes halogenated alkanes) is 1. The van der Waals surface area contributed by atoms with Crippen LogP contribution < -0.4 is 0 Å². The van der Waals surface area contributed by atoms with Crippen molar-refractivity contribution in [2.45, 2.75) is 58.3 Å². The molecule has 1 rings (SSSR count). The van der Waals surface area contributed by atoms with Gasteiger partial charge in [0.25, 0.3) is 0 Å². The van der Waals surface area contributed by atoms with Gasteiger partial charge in [0.15, 0.2) is 0 Å². The third-order valence-corrected chi connectivity index (χ3v) is 4.03. The average molecular weight is 255 g/mol. The number of amides is 1.